The van der Waals surface area contributed by atoms with Crippen LogP contribution in [0.5, 0.6) is 0 Å². The molecule has 0 N–H and O–H groups in total. The van der Waals surface area contributed by atoms with Gasteiger partial charge in [-0.15, -0.1) is 6.20 Å². The molecule has 0 aliphatic rings. The molecular weight excluding hydrogens is 207 g/mol. The van der Waals surface area contributed by atoms with E-state index in [0.717, 1.165) is 0 Å². The van der Waals surface area contributed by atoms with Gasteiger partial charge in [-0.3, -0.25) is 5.10 Å². The molecule has 0 saturated heterocycles. The third-order valence-corrected chi connectivity index (χ3v) is 0.877. The average Bonchev–Trinajstić information content (AvgIpc) is 1.69. The number of hydrogen-bond acceptors (Lipinski definition) is 2. The van der Waals surface area contributed by atoms with Crippen molar-refractivity contribution < 1.29 is 18.6 Å². The zero-order valence-corrected chi connectivity index (χ0v) is 6.86. The van der Waals surface area contributed by atoms with Crippen molar-refractivity contribution in [1.29, 1.82) is 0 Å². The molecule has 0 bridgehead atoms. The van der Waals surface area contributed by atoms with Gasteiger partial charge in [0, 0.05) is 23.2 Å². The summed E-state index contributed by atoms with van der Waals surface area (Å²) < 4.78 is 0.648. The Labute approximate surface area is 67.7 Å². The number of nitrogens with zero attached hydrogens (tertiary/aromatic N) is 2. The van der Waals surface area contributed by atoms with Gasteiger partial charge in [0.1, 0.15) is 0 Å². The number of halogens is 1. The molecule has 41 valence electrons. The van der Waals surface area contributed by atoms with Crippen LogP contribution in [0.3, 0.4) is 0 Å². The minimum atomic E-state index is 0. The molecule has 0 saturated carbocycles. The van der Waals surface area contributed by atoms with Crippen LogP contribution in [0.1, 0.15) is 0 Å². The predicted molar refractivity (Wildman–Crippen MR) is 28.6 cm³/mol. The van der Waals surface area contributed by atoms with Crippen molar-refractivity contribution >= 4 is 15.9 Å². The summed E-state index contributed by atoms with van der Waals surface area (Å²) in [5.74, 6) is 0. The molecule has 0 fully saturated rings. The summed E-state index contributed by atoms with van der Waals surface area (Å²) >= 11 is 3.08. The predicted octanol–water partition coefficient (Wildman–Crippen LogP) is 1.04. The SMILES string of the molecule is Brc1[c-]ccnn1.[V]. The van der Waals surface area contributed by atoms with Crippen LogP contribution in [0, 0.1) is 6.07 Å². The fraction of sp³-hybridized carbons (Fsp3) is 0. The first-order valence-corrected chi connectivity index (χ1v) is 2.54. The summed E-state index contributed by atoms with van der Waals surface area (Å²) in [4.78, 5) is 0. The molecule has 2 nitrogen and oxygen atoms in total. The first kappa shape index (κ1) is 8.14. The standard InChI is InChI=1S/C4H2BrN2.V/c5-4-2-1-3-6-7-4;/h1,3H;/q-1;. The maximum atomic E-state index is 3.59. The van der Waals surface area contributed by atoms with E-state index in [1.165, 1.54) is 0 Å². The van der Waals surface area contributed by atoms with E-state index in [1.807, 2.05) is 0 Å². The molecular formula is C4H2BrN2V-. The van der Waals surface area contributed by atoms with E-state index in [1.54, 1.807) is 12.3 Å². The topological polar surface area (TPSA) is 25.8 Å². The van der Waals surface area contributed by atoms with E-state index >= 15 is 0 Å². The number of aromatic nitrogens is 2. The van der Waals surface area contributed by atoms with Crippen LogP contribution in [0.4, 0.5) is 0 Å². The monoisotopic (exact) mass is 208 g/mol. The van der Waals surface area contributed by atoms with E-state index in [0.29, 0.717) is 4.60 Å². The maximum absolute atomic E-state index is 3.59. The van der Waals surface area contributed by atoms with Gasteiger partial charge in [-0.25, -0.2) is 12.1 Å². The van der Waals surface area contributed by atoms with E-state index in [2.05, 4.69) is 32.2 Å². The first-order valence-electron chi connectivity index (χ1n) is 1.74. The molecule has 0 aliphatic carbocycles. The summed E-state index contributed by atoms with van der Waals surface area (Å²) in [6.07, 6.45) is 1.57. The number of hydrogen-bond donors (Lipinski definition) is 0. The van der Waals surface area contributed by atoms with Crippen LogP contribution < -0.4 is 0 Å². The molecule has 8 heavy (non-hydrogen) atoms. The Morgan fingerprint density at radius 2 is 2.38 bits per heavy atom. The summed E-state index contributed by atoms with van der Waals surface area (Å²) in [7, 11) is 0. The molecule has 0 aliphatic heterocycles. The molecule has 4 heteroatoms. The Hall–Kier alpha value is 0.144. The Morgan fingerprint density at radius 1 is 1.62 bits per heavy atom. The zero-order chi connectivity index (χ0) is 5.11. The Morgan fingerprint density at radius 3 is 2.62 bits per heavy atom. The molecule has 0 aromatic carbocycles. The van der Waals surface area contributed by atoms with Gasteiger partial charge in [-0.1, -0.05) is 0 Å². The van der Waals surface area contributed by atoms with Crippen molar-refractivity contribution in [2.75, 3.05) is 0 Å². The molecule has 1 radical (unpaired) electrons. The van der Waals surface area contributed by atoms with Gasteiger partial charge in [0.15, 0.2) is 0 Å². The van der Waals surface area contributed by atoms with Crippen LogP contribution >= 0.6 is 15.9 Å². The molecule has 1 rings (SSSR count). The molecule has 1 heterocycles. The van der Waals surface area contributed by atoms with Crippen molar-refractivity contribution in [3.8, 4) is 0 Å². The van der Waals surface area contributed by atoms with E-state index in [4.69, 9.17) is 0 Å². The van der Waals surface area contributed by atoms with Crippen LogP contribution in [0.15, 0.2) is 16.9 Å². The molecule has 0 amide bonds. The minimum Gasteiger partial charge on any atom is -0.257 e. The van der Waals surface area contributed by atoms with E-state index < -0.39 is 0 Å². The van der Waals surface area contributed by atoms with E-state index in [-0.39, 0.29) is 18.6 Å². The Bertz CT molecular complexity index is 144. The summed E-state index contributed by atoms with van der Waals surface area (Å²) in [6.45, 7) is 0. The van der Waals surface area contributed by atoms with Crippen molar-refractivity contribution in [1.82, 2.24) is 10.2 Å². The van der Waals surface area contributed by atoms with Gasteiger partial charge in [-0.05, 0) is 15.9 Å². The first-order chi connectivity index (χ1) is 3.39. The fourth-order valence-electron chi connectivity index (χ4n) is 0.252. The van der Waals surface area contributed by atoms with Gasteiger partial charge in [0.2, 0.25) is 0 Å². The molecule has 1 aromatic heterocycles. The second-order valence-electron chi connectivity index (χ2n) is 0.966. The van der Waals surface area contributed by atoms with Crippen LogP contribution in [-0.2, 0) is 18.6 Å². The third-order valence-electron chi connectivity index (χ3n) is 0.489. The van der Waals surface area contributed by atoms with Crippen molar-refractivity contribution in [2.24, 2.45) is 0 Å². The second-order valence-corrected chi connectivity index (χ2v) is 1.72. The summed E-state index contributed by atoms with van der Waals surface area (Å²) in [5, 5.41) is 7.15. The van der Waals surface area contributed by atoms with Crippen molar-refractivity contribution in [3.05, 3.63) is 22.9 Å². The average molecular weight is 209 g/mol. The third kappa shape index (κ3) is 2.45. The molecule has 0 spiro atoms. The van der Waals surface area contributed by atoms with Gasteiger partial charge < -0.3 is 0 Å². The van der Waals surface area contributed by atoms with Crippen molar-refractivity contribution in [2.45, 2.75) is 0 Å². The maximum Gasteiger partial charge on any atom is 0.0373 e. The normalized spacial score (nSPS) is 7.62. The van der Waals surface area contributed by atoms with Gasteiger partial charge >= 0.3 is 0 Å². The van der Waals surface area contributed by atoms with Crippen LogP contribution in [0.25, 0.3) is 0 Å². The number of rotatable bonds is 0. The van der Waals surface area contributed by atoms with Gasteiger partial charge in [0.05, 0.1) is 0 Å². The fourth-order valence-corrected chi connectivity index (χ4v) is 0.476. The Kier molecular flexibility index (Phi) is 4.14. The van der Waals surface area contributed by atoms with Crippen molar-refractivity contribution in [3.63, 3.8) is 0 Å². The summed E-state index contributed by atoms with van der Waals surface area (Å²) in [5.41, 5.74) is 0. The quantitative estimate of drug-likeness (QED) is 0.596. The largest absolute Gasteiger partial charge is 0.257 e. The summed E-state index contributed by atoms with van der Waals surface area (Å²) in [6, 6.07) is 4.47. The zero-order valence-electron chi connectivity index (χ0n) is 3.87. The van der Waals surface area contributed by atoms with E-state index in [9.17, 15) is 0 Å². The van der Waals surface area contributed by atoms with Gasteiger partial charge in [0.25, 0.3) is 0 Å². The van der Waals surface area contributed by atoms with Crippen LogP contribution in [0.2, 0.25) is 0 Å². The molecule has 0 atom stereocenters. The van der Waals surface area contributed by atoms with Gasteiger partial charge in [-0.2, -0.15) is 5.10 Å². The second kappa shape index (κ2) is 4.07. The molecule has 1 aromatic rings. The van der Waals surface area contributed by atoms with Crippen LogP contribution in [-0.4, -0.2) is 10.2 Å². The molecule has 0 unspecified atom stereocenters. The smallest absolute Gasteiger partial charge is 0.0373 e. The Balaban J connectivity index is 0.000000490. The minimum absolute atomic E-state index is 0.